The number of quaternary nitrogens is 1. The third-order valence-corrected chi connectivity index (χ3v) is 6.33. The second-order valence-corrected chi connectivity index (χ2v) is 8.18. The first-order chi connectivity index (χ1) is 14.2. The molecule has 29 heavy (non-hydrogen) atoms. The molecule has 2 N–H and O–H groups in total. The summed E-state index contributed by atoms with van der Waals surface area (Å²) in [6, 6.07) is 15.3. The molecule has 0 radical (unpaired) electrons. The van der Waals surface area contributed by atoms with Gasteiger partial charge in [0, 0.05) is 12.8 Å². The summed E-state index contributed by atoms with van der Waals surface area (Å²) < 4.78 is 6.27. The molecule has 1 saturated heterocycles. The van der Waals surface area contributed by atoms with Crippen LogP contribution in [0.3, 0.4) is 0 Å². The monoisotopic (exact) mass is 410 g/mol. The molecule has 0 aliphatic carbocycles. The molecule has 7 heteroatoms. The van der Waals surface area contributed by atoms with Gasteiger partial charge in [-0.2, -0.15) is 0 Å². The first-order valence-electron chi connectivity index (χ1n) is 9.91. The number of anilines is 1. The Labute approximate surface area is 173 Å². The van der Waals surface area contributed by atoms with Crippen molar-refractivity contribution in [2.24, 2.45) is 0 Å². The molecule has 6 nitrogen and oxygen atoms in total. The number of hydrogen-bond donors (Lipinski definition) is 2. The summed E-state index contributed by atoms with van der Waals surface area (Å²) in [5.41, 5.74) is 1.89. The molecule has 0 spiro atoms. The van der Waals surface area contributed by atoms with Crippen molar-refractivity contribution in [1.29, 1.82) is 0 Å². The number of aromatic nitrogens is 1. The van der Waals surface area contributed by atoms with Crippen molar-refractivity contribution in [2.75, 3.05) is 25.0 Å². The van der Waals surface area contributed by atoms with E-state index in [4.69, 9.17) is 9.72 Å². The quantitative estimate of drug-likeness (QED) is 0.613. The Bertz CT molecular complexity index is 1000. The molecule has 4 rings (SSSR count). The lowest BCUT2D eigenvalue weighted by Gasteiger charge is -2.19. The van der Waals surface area contributed by atoms with Gasteiger partial charge in [-0.1, -0.05) is 24.3 Å². The zero-order valence-corrected chi connectivity index (χ0v) is 17.1. The largest absolute Gasteiger partial charge is 0.462 e. The van der Waals surface area contributed by atoms with Crippen LogP contribution in [-0.4, -0.2) is 36.6 Å². The number of nitrogens with zero attached hydrogens (tertiary/aromatic N) is 1. The lowest BCUT2D eigenvalue weighted by atomic mass is 10.1. The van der Waals surface area contributed by atoms with E-state index in [2.05, 4.69) is 11.4 Å². The maximum atomic E-state index is 12.7. The van der Waals surface area contributed by atoms with Crippen LogP contribution in [0.4, 0.5) is 5.69 Å². The maximum absolute atomic E-state index is 12.7. The SMILES string of the molecule is CCOC(=O)c1ccccc1NC(=O)C[NH+]1CCC[C@@H]1c1nc2ccccc2s1. The molecule has 0 bridgehead atoms. The van der Waals surface area contributed by atoms with E-state index in [0.29, 0.717) is 24.4 Å². The van der Waals surface area contributed by atoms with Gasteiger partial charge in [0.15, 0.2) is 11.6 Å². The number of amides is 1. The summed E-state index contributed by atoms with van der Waals surface area (Å²) in [5, 5.41) is 3.99. The van der Waals surface area contributed by atoms with Gasteiger partial charge in [-0.3, -0.25) is 4.79 Å². The predicted octanol–water partition coefficient (Wildman–Crippen LogP) is 2.83. The Morgan fingerprint density at radius 2 is 2.00 bits per heavy atom. The number of benzene rings is 2. The van der Waals surface area contributed by atoms with Crippen LogP contribution in [0.25, 0.3) is 10.2 Å². The number of likely N-dealkylation sites (tertiary alicyclic amines) is 1. The van der Waals surface area contributed by atoms with E-state index in [1.807, 2.05) is 18.2 Å². The second-order valence-electron chi connectivity index (χ2n) is 7.11. The number of ether oxygens (including phenoxy) is 1. The third-order valence-electron chi connectivity index (χ3n) is 5.18. The topological polar surface area (TPSA) is 72.7 Å². The number of para-hydroxylation sites is 2. The molecular formula is C22H24N3O3S+. The standard InChI is InChI=1S/C22H23N3O3S/c1-2-28-22(27)15-8-3-4-9-16(15)23-20(26)14-25-13-7-11-18(25)21-24-17-10-5-6-12-19(17)29-21/h3-6,8-10,12,18H,2,7,11,13-14H2,1H3,(H,23,26)/p+1/t18-/m1/s1. The molecule has 1 fully saturated rings. The highest BCUT2D eigenvalue weighted by atomic mass is 32.1. The maximum Gasteiger partial charge on any atom is 0.340 e. The van der Waals surface area contributed by atoms with Gasteiger partial charge in [0.25, 0.3) is 5.91 Å². The first-order valence-corrected chi connectivity index (χ1v) is 10.7. The summed E-state index contributed by atoms with van der Waals surface area (Å²) in [6.07, 6.45) is 2.10. The molecular weight excluding hydrogens is 386 g/mol. The molecule has 0 saturated carbocycles. The molecule has 2 aromatic carbocycles. The highest BCUT2D eigenvalue weighted by Gasteiger charge is 2.34. The van der Waals surface area contributed by atoms with Crippen molar-refractivity contribution in [2.45, 2.75) is 25.8 Å². The minimum atomic E-state index is -0.427. The molecule has 1 aliphatic heterocycles. The van der Waals surface area contributed by atoms with Gasteiger partial charge in [0.05, 0.1) is 34.6 Å². The number of hydrogen-bond acceptors (Lipinski definition) is 5. The lowest BCUT2D eigenvalue weighted by Crippen LogP contribution is -3.11. The summed E-state index contributed by atoms with van der Waals surface area (Å²) in [7, 11) is 0. The minimum Gasteiger partial charge on any atom is -0.462 e. The molecule has 1 unspecified atom stereocenters. The van der Waals surface area contributed by atoms with E-state index in [0.717, 1.165) is 29.9 Å². The van der Waals surface area contributed by atoms with Crippen LogP contribution < -0.4 is 10.2 Å². The highest BCUT2D eigenvalue weighted by molar-refractivity contribution is 7.18. The molecule has 1 amide bonds. The molecule has 3 aromatic rings. The van der Waals surface area contributed by atoms with E-state index in [1.165, 1.54) is 9.60 Å². The number of fused-ring (bicyclic) bond motifs is 1. The smallest absolute Gasteiger partial charge is 0.340 e. The number of esters is 1. The van der Waals surface area contributed by atoms with Crippen molar-refractivity contribution in [3.05, 3.63) is 59.1 Å². The van der Waals surface area contributed by atoms with Crippen molar-refractivity contribution in [1.82, 2.24) is 4.98 Å². The van der Waals surface area contributed by atoms with Gasteiger partial charge in [-0.25, -0.2) is 9.78 Å². The molecule has 150 valence electrons. The van der Waals surface area contributed by atoms with Crippen LogP contribution >= 0.6 is 11.3 Å². The second kappa shape index (κ2) is 8.71. The number of nitrogens with one attached hydrogen (secondary N) is 2. The van der Waals surface area contributed by atoms with Gasteiger partial charge >= 0.3 is 5.97 Å². The van der Waals surface area contributed by atoms with Crippen LogP contribution in [-0.2, 0) is 9.53 Å². The fourth-order valence-electron chi connectivity index (χ4n) is 3.84. The number of thiazole rings is 1. The Kier molecular flexibility index (Phi) is 5.87. The number of carbonyl (C=O) groups is 2. The summed E-state index contributed by atoms with van der Waals surface area (Å²) in [6.45, 7) is 3.34. The van der Waals surface area contributed by atoms with Crippen LogP contribution in [0.1, 0.15) is 41.2 Å². The fraction of sp³-hybridized carbons (Fsp3) is 0.318. The minimum absolute atomic E-state index is 0.107. The van der Waals surface area contributed by atoms with Crippen molar-refractivity contribution in [3.8, 4) is 0 Å². The molecule has 1 aliphatic rings. The third kappa shape index (κ3) is 4.31. The van der Waals surface area contributed by atoms with E-state index in [9.17, 15) is 9.59 Å². The van der Waals surface area contributed by atoms with E-state index in [1.54, 1.807) is 42.5 Å². The van der Waals surface area contributed by atoms with Crippen molar-refractivity contribution < 1.29 is 19.2 Å². The van der Waals surface area contributed by atoms with E-state index < -0.39 is 5.97 Å². The molecule has 2 atom stereocenters. The zero-order valence-electron chi connectivity index (χ0n) is 16.3. The van der Waals surface area contributed by atoms with Crippen LogP contribution in [0.5, 0.6) is 0 Å². The lowest BCUT2D eigenvalue weighted by molar-refractivity contribution is -0.910. The average Bonchev–Trinajstić information content (AvgIpc) is 3.34. The Balaban J connectivity index is 1.46. The summed E-state index contributed by atoms with van der Waals surface area (Å²) in [5.74, 6) is -0.533. The molecule has 2 heterocycles. The van der Waals surface area contributed by atoms with Crippen molar-refractivity contribution in [3.63, 3.8) is 0 Å². The van der Waals surface area contributed by atoms with E-state index in [-0.39, 0.29) is 11.9 Å². The Morgan fingerprint density at radius 3 is 2.83 bits per heavy atom. The fourth-order valence-corrected chi connectivity index (χ4v) is 5.00. The van der Waals surface area contributed by atoms with Gasteiger partial charge in [0.1, 0.15) is 6.04 Å². The predicted molar refractivity (Wildman–Crippen MR) is 113 cm³/mol. The number of carbonyl (C=O) groups excluding carboxylic acids is 2. The van der Waals surface area contributed by atoms with E-state index >= 15 is 0 Å². The van der Waals surface area contributed by atoms with Gasteiger partial charge in [0.2, 0.25) is 0 Å². The zero-order chi connectivity index (χ0) is 20.2. The van der Waals surface area contributed by atoms with Gasteiger partial charge in [-0.05, 0) is 31.2 Å². The first kappa shape index (κ1) is 19.5. The average molecular weight is 411 g/mol. The Hall–Kier alpha value is -2.77. The van der Waals surface area contributed by atoms with Gasteiger partial charge in [-0.15, -0.1) is 11.3 Å². The normalized spacial score (nSPS) is 18.7. The van der Waals surface area contributed by atoms with Crippen LogP contribution in [0.2, 0.25) is 0 Å². The number of rotatable bonds is 6. The molecule has 1 aromatic heterocycles. The van der Waals surface area contributed by atoms with Crippen LogP contribution in [0, 0.1) is 0 Å². The Morgan fingerprint density at radius 1 is 1.21 bits per heavy atom. The summed E-state index contributed by atoms with van der Waals surface area (Å²) in [4.78, 5) is 30.9. The van der Waals surface area contributed by atoms with Crippen molar-refractivity contribution >= 4 is 39.1 Å². The summed E-state index contributed by atoms with van der Waals surface area (Å²) >= 11 is 1.72. The highest BCUT2D eigenvalue weighted by Crippen LogP contribution is 2.28. The van der Waals surface area contributed by atoms with Crippen LogP contribution in [0.15, 0.2) is 48.5 Å². The van der Waals surface area contributed by atoms with Gasteiger partial charge < -0.3 is 15.0 Å².